The smallest absolute Gasteiger partial charge is 0.240 e. The van der Waals surface area contributed by atoms with Gasteiger partial charge in [0.15, 0.2) is 0 Å². The fraction of sp³-hybridized carbons (Fsp3) is 0.150. The van der Waals surface area contributed by atoms with Crippen LogP contribution in [0, 0.1) is 6.92 Å². The molecule has 7 heteroatoms. The zero-order chi connectivity index (χ0) is 19.1. The summed E-state index contributed by atoms with van der Waals surface area (Å²) in [4.78, 5) is 4.34. The van der Waals surface area contributed by atoms with Crippen LogP contribution >= 0.6 is 11.8 Å². The first kappa shape index (κ1) is 18.7. The molecule has 3 aromatic rings. The first-order valence-electron chi connectivity index (χ1n) is 8.47. The number of aryl methyl sites for hydroxylation is 1. The standard InChI is InChI=1S/C20H21N5OS/c1-3-5-16-6-4-7-17(18(16)26)12-21-23-19-22-20(25-24-19)27-13-15-10-8-14(2)9-11-15/h3-4,6-12,26H,1,5,13H2,2H3,(H2,22,23,24,25)/b21-12+. The lowest BCUT2D eigenvalue weighted by Crippen LogP contribution is -1.94. The van der Waals surface area contributed by atoms with E-state index in [2.05, 4.69) is 63.5 Å². The van der Waals surface area contributed by atoms with Crippen LogP contribution in [-0.4, -0.2) is 26.5 Å². The van der Waals surface area contributed by atoms with Gasteiger partial charge in [-0.1, -0.05) is 59.8 Å². The number of aromatic nitrogens is 3. The first-order chi connectivity index (χ1) is 13.2. The topological polar surface area (TPSA) is 86.2 Å². The molecule has 1 heterocycles. The lowest BCUT2D eigenvalue weighted by Gasteiger charge is -2.04. The number of phenolic OH excluding ortho intramolecular Hbond substituents is 1. The van der Waals surface area contributed by atoms with E-state index in [1.807, 2.05) is 12.1 Å². The van der Waals surface area contributed by atoms with E-state index in [0.717, 1.165) is 11.3 Å². The van der Waals surface area contributed by atoms with Gasteiger partial charge < -0.3 is 5.11 Å². The molecule has 0 radical (unpaired) electrons. The van der Waals surface area contributed by atoms with Crippen molar-refractivity contribution in [3.05, 3.63) is 77.4 Å². The van der Waals surface area contributed by atoms with Crippen molar-refractivity contribution in [3.63, 3.8) is 0 Å². The van der Waals surface area contributed by atoms with Crippen LogP contribution in [0.5, 0.6) is 5.75 Å². The quantitative estimate of drug-likeness (QED) is 0.235. The highest BCUT2D eigenvalue weighted by atomic mass is 32.2. The largest absolute Gasteiger partial charge is 0.507 e. The second kappa shape index (κ2) is 9.05. The number of hydrogen-bond donors (Lipinski definition) is 3. The minimum Gasteiger partial charge on any atom is -0.507 e. The molecule has 0 saturated heterocycles. The van der Waals surface area contributed by atoms with Crippen molar-refractivity contribution in [3.8, 4) is 5.75 Å². The summed E-state index contributed by atoms with van der Waals surface area (Å²) in [7, 11) is 0. The van der Waals surface area contributed by atoms with Crippen molar-refractivity contribution in [1.82, 2.24) is 15.2 Å². The summed E-state index contributed by atoms with van der Waals surface area (Å²) in [5, 5.41) is 21.9. The Hall–Kier alpha value is -3.06. The first-order valence-corrected chi connectivity index (χ1v) is 9.46. The van der Waals surface area contributed by atoms with Gasteiger partial charge >= 0.3 is 0 Å². The normalized spacial score (nSPS) is 11.0. The van der Waals surface area contributed by atoms with Crippen LogP contribution in [0.2, 0.25) is 0 Å². The van der Waals surface area contributed by atoms with Crippen molar-refractivity contribution in [1.29, 1.82) is 0 Å². The second-order valence-electron chi connectivity index (χ2n) is 5.96. The molecule has 3 rings (SSSR count). The van der Waals surface area contributed by atoms with Gasteiger partial charge in [-0.15, -0.1) is 11.7 Å². The van der Waals surface area contributed by atoms with Gasteiger partial charge in [-0.3, -0.25) is 0 Å². The maximum absolute atomic E-state index is 10.2. The number of allylic oxidation sites excluding steroid dienone is 1. The van der Waals surface area contributed by atoms with Crippen molar-refractivity contribution in [2.24, 2.45) is 5.10 Å². The monoisotopic (exact) mass is 379 g/mol. The molecule has 138 valence electrons. The molecule has 0 saturated carbocycles. The zero-order valence-electron chi connectivity index (χ0n) is 15.0. The number of hydrogen-bond acceptors (Lipinski definition) is 6. The van der Waals surface area contributed by atoms with Gasteiger partial charge in [0.05, 0.1) is 6.21 Å². The summed E-state index contributed by atoms with van der Waals surface area (Å²) in [6, 6.07) is 13.9. The van der Waals surface area contributed by atoms with Gasteiger partial charge in [-0.2, -0.15) is 10.1 Å². The third-order valence-corrected chi connectivity index (χ3v) is 4.76. The van der Waals surface area contributed by atoms with Crippen LogP contribution in [0.1, 0.15) is 22.3 Å². The van der Waals surface area contributed by atoms with Gasteiger partial charge in [0.25, 0.3) is 0 Å². The molecule has 6 nitrogen and oxygen atoms in total. The van der Waals surface area contributed by atoms with E-state index in [4.69, 9.17) is 0 Å². The Balaban J connectivity index is 1.56. The molecule has 0 spiro atoms. The molecule has 27 heavy (non-hydrogen) atoms. The number of thioether (sulfide) groups is 1. The van der Waals surface area contributed by atoms with Gasteiger partial charge in [0.1, 0.15) is 5.75 Å². The van der Waals surface area contributed by atoms with Crippen LogP contribution in [0.15, 0.2) is 65.4 Å². The van der Waals surface area contributed by atoms with E-state index in [1.54, 1.807) is 30.1 Å². The average Bonchev–Trinajstić information content (AvgIpc) is 3.12. The number of phenols is 1. The fourth-order valence-corrected chi connectivity index (χ4v) is 3.15. The summed E-state index contributed by atoms with van der Waals surface area (Å²) in [5.41, 5.74) is 6.69. The minimum absolute atomic E-state index is 0.204. The zero-order valence-corrected chi connectivity index (χ0v) is 15.8. The van der Waals surface area contributed by atoms with Gasteiger partial charge in [0, 0.05) is 11.3 Å². The summed E-state index contributed by atoms with van der Waals surface area (Å²) < 4.78 is 0. The maximum Gasteiger partial charge on any atom is 0.240 e. The number of rotatable bonds is 8. The van der Waals surface area contributed by atoms with E-state index in [9.17, 15) is 5.11 Å². The van der Waals surface area contributed by atoms with E-state index in [-0.39, 0.29) is 5.75 Å². The Bertz CT molecular complexity index is 934. The van der Waals surface area contributed by atoms with Gasteiger partial charge in [-0.05, 0) is 30.5 Å². The summed E-state index contributed by atoms with van der Waals surface area (Å²) in [6.07, 6.45) is 3.90. The van der Waals surface area contributed by atoms with E-state index in [1.165, 1.54) is 11.1 Å². The lowest BCUT2D eigenvalue weighted by molar-refractivity contribution is 0.469. The number of aromatic hydroxyl groups is 1. The third-order valence-electron chi connectivity index (χ3n) is 3.84. The Kier molecular flexibility index (Phi) is 6.27. The van der Waals surface area contributed by atoms with Crippen LogP contribution in [-0.2, 0) is 12.2 Å². The number of nitrogens with zero attached hydrogens (tertiary/aromatic N) is 3. The fourth-order valence-electron chi connectivity index (χ4n) is 2.39. The number of para-hydroxylation sites is 1. The Morgan fingerprint density at radius 1 is 1.26 bits per heavy atom. The van der Waals surface area contributed by atoms with Crippen LogP contribution < -0.4 is 5.43 Å². The molecule has 0 aliphatic rings. The molecule has 0 aliphatic heterocycles. The Morgan fingerprint density at radius 3 is 2.85 bits per heavy atom. The molecule has 0 aliphatic carbocycles. The molecule has 3 N–H and O–H groups in total. The third kappa shape index (κ3) is 5.21. The maximum atomic E-state index is 10.2. The molecule has 0 bridgehead atoms. The van der Waals surface area contributed by atoms with Gasteiger partial charge in [0.2, 0.25) is 11.1 Å². The lowest BCUT2D eigenvalue weighted by atomic mass is 10.1. The van der Waals surface area contributed by atoms with Crippen LogP contribution in [0.25, 0.3) is 0 Å². The molecule has 2 aromatic carbocycles. The van der Waals surface area contributed by atoms with E-state index in [0.29, 0.717) is 23.1 Å². The van der Waals surface area contributed by atoms with Crippen LogP contribution in [0.3, 0.4) is 0 Å². The van der Waals surface area contributed by atoms with Gasteiger partial charge in [-0.25, -0.2) is 10.5 Å². The number of anilines is 1. The van der Waals surface area contributed by atoms with Crippen molar-refractivity contribution in [2.45, 2.75) is 24.3 Å². The van der Waals surface area contributed by atoms with Crippen molar-refractivity contribution >= 4 is 23.9 Å². The second-order valence-corrected chi connectivity index (χ2v) is 6.90. The summed E-state index contributed by atoms with van der Waals surface area (Å²) in [6.45, 7) is 5.76. The Morgan fingerprint density at radius 2 is 2.07 bits per heavy atom. The summed E-state index contributed by atoms with van der Waals surface area (Å²) in [5.74, 6) is 1.44. The number of aromatic amines is 1. The molecule has 0 amide bonds. The Labute approximate surface area is 162 Å². The highest BCUT2D eigenvalue weighted by Gasteiger charge is 2.05. The molecular formula is C20H21N5OS. The number of benzene rings is 2. The predicted octanol–water partition coefficient (Wildman–Crippen LogP) is 4.29. The predicted molar refractivity (Wildman–Crippen MR) is 110 cm³/mol. The molecular weight excluding hydrogens is 358 g/mol. The highest BCUT2D eigenvalue weighted by Crippen LogP contribution is 2.22. The minimum atomic E-state index is 0.204. The number of nitrogens with one attached hydrogen (secondary N) is 2. The van der Waals surface area contributed by atoms with Crippen molar-refractivity contribution < 1.29 is 5.11 Å². The SMILES string of the molecule is C=CCc1cccc(/C=N/Nc2nc(SCc3ccc(C)cc3)n[nH]2)c1O. The van der Waals surface area contributed by atoms with Crippen molar-refractivity contribution in [2.75, 3.05) is 5.43 Å². The molecule has 1 aromatic heterocycles. The van der Waals surface area contributed by atoms with E-state index >= 15 is 0 Å². The molecule has 0 unspecified atom stereocenters. The molecule has 0 fully saturated rings. The van der Waals surface area contributed by atoms with Crippen LogP contribution in [0.4, 0.5) is 5.95 Å². The number of hydrazone groups is 1. The molecule has 0 atom stereocenters. The van der Waals surface area contributed by atoms with E-state index < -0.39 is 0 Å². The summed E-state index contributed by atoms with van der Waals surface area (Å²) >= 11 is 1.55. The highest BCUT2D eigenvalue weighted by molar-refractivity contribution is 7.98. The average molecular weight is 379 g/mol. The number of H-pyrrole nitrogens is 1.